The Morgan fingerprint density at radius 3 is 2.64 bits per heavy atom. The van der Waals surface area contributed by atoms with Gasteiger partial charge in [-0.25, -0.2) is 4.79 Å². The summed E-state index contributed by atoms with van der Waals surface area (Å²) in [4.78, 5) is 11.7. The van der Waals surface area contributed by atoms with Gasteiger partial charge in [-0.1, -0.05) is 31.5 Å². The molecule has 0 saturated carbocycles. The van der Waals surface area contributed by atoms with Crippen LogP contribution < -0.4 is 14.2 Å². The first-order valence-electron chi connectivity index (χ1n) is 8.25. The van der Waals surface area contributed by atoms with E-state index >= 15 is 0 Å². The smallest absolute Gasteiger partial charge is 0.336 e. The third-order valence-electron chi connectivity index (χ3n) is 3.87. The summed E-state index contributed by atoms with van der Waals surface area (Å²) in [6.07, 6.45) is 3.73. The number of unbranched alkanes of at least 4 members (excludes halogenated alkanes) is 1. The lowest BCUT2D eigenvalue weighted by atomic mass is 10.0. The molecule has 5 heteroatoms. The van der Waals surface area contributed by atoms with Crippen molar-refractivity contribution in [1.82, 2.24) is 0 Å². The summed E-state index contributed by atoms with van der Waals surface area (Å²) < 4.78 is 16.2. The highest BCUT2D eigenvalue weighted by atomic mass is 16.7. The first kappa shape index (κ1) is 16.9. The minimum atomic E-state index is -0.998. The number of carbonyl (C=O) groups is 1. The van der Waals surface area contributed by atoms with Crippen LogP contribution in [0.15, 0.2) is 42.5 Å². The van der Waals surface area contributed by atoms with Gasteiger partial charge in [0, 0.05) is 0 Å². The number of benzene rings is 2. The van der Waals surface area contributed by atoms with E-state index in [-0.39, 0.29) is 12.4 Å². The van der Waals surface area contributed by atoms with Gasteiger partial charge in [0.05, 0.1) is 12.2 Å². The topological polar surface area (TPSA) is 65.0 Å². The predicted octanol–water partition coefficient (Wildman–Crippen LogP) is 4.22. The maximum atomic E-state index is 11.7. The van der Waals surface area contributed by atoms with Crippen LogP contribution in [0.3, 0.4) is 0 Å². The fraction of sp³-hybridized carbons (Fsp3) is 0.250. The quantitative estimate of drug-likeness (QED) is 0.464. The normalized spacial score (nSPS) is 12.9. The van der Waals surface area contributed by atoms with Crippen LogP contribution in [-0.4, -0.2) is 24.5 Å². The molecule has 0 fully saturated rings. The van der Waals surface area contributed by atoms with Gasteiger partial charge in [0.1, 0.15) is 5.75 Å². The van der Waals surface area contributed by atoms with E-state index in [9.17, 15) is 9.90 Å². The molecule has 0 atom stereocenters. The average molecular weight is 340 g/mol. The van der Waals surface area contributed by atoms with E-state index in [2.05, 4.69) is 6.92 Å². The highest BCUT2D eigenvalue weighted by Crippen LogP contribution is 2.35. The lowest BCUT2D eigenvalue weighted by Gasteiger charge is -2.07. The summed E-state index contributed by atoms with van der Waals surface area (Å²) in [7, 11) is 0. The molecule has 2 aromatic carbocycles. The highest BCUT2D eigenvalue weighted by Gasteiger charge is 2.17. The van der Waals surface area contributed by atoms with E-state index in [1.54, 1.807) is 24.3 Å². The first-order chi connectivity index (χ1) is 12.2. The number of hydrogen-bond acceptors (Lipinski definition) is 4. The van der Waals surface area contributed by atoms with Gasteiger partial charge in [0.2, 0.25) is 6.79 Å². The van der Waals surface area contributed by atoms with Gasteiger partial charge in [-0.3, -0.25) is 0 Å². The third kappa shape index (κ3) is 4.12. The number of carboxylic acid groups (broad SMARTS) is 1. The number of ether oxygens (including phenoxy) is 3. The van der Waals surface area contributed by atoms with Gasteiger partial charge in [-0.15, -0.1) is 0 Å². The molecule has 1 N–H and O–H groups in total. The number of aliphatic carboxylic acids is 1. The number of carboxylic acids is 1. The molecule has 1 aliphatic heterocycles. The Kier molecular flexibility index (Phi) is 5.23. The van der Waals surface area contributed by atoms with E-state index in [0.29, 0.717) is 23.7 Å². The van der Waals surface area contributed by atoms with Crippen molar-refractivity contribution in [3.63, 3.8) is 0 Å². The van der Waals surface area contributed by atoms with Gasteiger partial charge < -0.3 is 19.3 Å². The summed E-state index contributed by atoms with van der Waals surface area (Å²) in [5, 5.41) is 9.57. The van der Waals surface area contributed by atoms with Crippen LogP contribution in [0, 0.1) is 0 Å². The standard InChI is InChI=1S/C20H20O5/c1-2-3-10-23-16-7-4-14(5-8-16)11-17(20(21)22)15-6-9-18-19(12-15)25-13-24-18/h4-9,11-12H,2-3,10,13H2,1H3,(H,21,22)/b17-11-. The molecule has 0 spiro atoms. The summed E-state index contributed by atoms with van der Waals surface area (Å²) in [6.45, 7) is 2.95. The molecule has 3 rings (SSSR count). The fourth-order valence-electron chi connectivity index (χ4n) is 2.49. The maximum Gasteiger partial charge on any atom is 0.336 e. The van der Waals surface area contributed by atoms with Crippen LogP contribution >= 0.6 is 0 Å². The summed E-state index contributed by atoms with van der Waals surface area (Å²) in [6, 6.07) is 12.5. The second-order valence-electron chi connectivity index (χ2n) is 5.70. The Labute approximate surface area is 146 Å². The molecule has 2 aromatic rings. The number of fused-ring (bicyclic) bond motifs is 1. The van der Waals surface area contributed by atoms with Crippen LogP contribution in [0.1, 0.15) is 30.9 Å². The Balaban J connectivity index is 1.82. The molecule has 0 bridgehead atoms. The summed E-state index contributed by atoms with van der Waals surface area (Å²) in [5.41, 5.74) is 1.55. The Hall–Kier alpha value is -2.95. The van der Waals surface area contributed by atoms with Crippen LogP contribution in [0.4, 0.5) is 0 Å². The lowest BCUT2D eigenvalue weighted by Crippen LogP contribution is -2.00. The van der Waals surface area contributed by atoms with Crippen molar-refractivity contribution in [2.24, 2.45) is 0 Å². The predicted molar refractivity (Wildman–Crippen MR) is 94.9 cm³/mol. The summed E-state index contributed by atoms with van der Waals surface area (Å²) >= 11 is 0. The summed E-state index contributed by atoms with van der Waals surface area (Å²) in [5.74, 6) is 0.971. The average Bonchev–Trinajstić information content (AvgIpc) is 3.08. The second-order valence-corrected chi connectivity index (χ2v) is 5.70. The third-order valence-corrected chi connectivity index (χ3v) is 3.87. The molecular formula is C20H20O5. The van der Waals surface area contributed by atoms with Gasteiger partial charge in [0.25, 0.3) is 0 Å². The van der Waals surface area contributed by atoms with Crippen LogP contribution in [0.5, 0.6) is 17.2 Å². The minimum absolute atomic E-state index is 0.157. The van der Waals surface area contributed by atoms with E-state index < -0.39 is 5.97 Å². The molecule has 1 heterocycles. The zero-order valence-electron chi connectivity index (χ0n) is 14.0. The Morgan fingerprint density at radius 2 is 1.92 bits per heavy atom. The molecule has 5 nitrogen and oxygen atoms in total. The van der Waals surface area contributed by atoms with Crippen molar-refractivity contribution in [3.8, 4) is 17.2 Å². The molecule has 0 saturated heterocycles. The van der Waals surface area contributed by atoms with E-state index in [1.807, 2.05) is 24.3 Å². The van der Waals surface area contributed by atoms with Gasteiger partial charge in [-0.2, -0.15) is 0 Å². The number of hydrogen-bond donors (Lipinski definition) is 1. The fourth-order valence-corrected chi connectivity index (χ4v) is 2.49. The molecule has 0 aliphatic carbocycles. The van der Waals surface area contributed by atoms with E-state index in [4.69, 9.17) is 14.2 Å². The van der Waals surface area contributed by atoms with Gasteiger partial charge in [0.15, 0.2) is 11.5 Å². The zero-order valence-corrected chi connectivity index (χ0v) is 14.0. The maximum absolute atomic E-state index is 11.7. The van der Waals surface area contributed by atoms with E-state index in [1.165, 1.54) is 0 Å². The number of rotatable bonds is 7. The van der Waals surface area contributed by atoms with Crippen molar-refractivity contribution >= 4 is 17.6 Å². The van der Waals surface area contributed by atoms with Crippen molar-refractivity contribution in [1.29, 1.82) is 0 Å². The highest BCUT2D eigenvalue weighted by molar-refractivity contribution is 6.20. The van der Waals surface area contributed by atoms with Crippen molar-refractivity contribution in [2.45, 2.75) is 19.8 Å². The van der Waals surface area contributed by atoms with Gasteiger partial charge >= 0.3 is 5.97 Å². The molecule has 0 amide bonds. The SMILES string of the molecule is CCCCOc1ccc(/C=C(\C(=O)O)c2ccc3c(c2)OCO3)cc1. The van der Waals surface area contributed by atoms with Crippen LogP contribution in [-0.2, 0) is 4.79 Å². The minimum Gasteiger partial charge on any atom is -0.494 e. The van der Waals surface area contributed by atoms with Gasteiger partial charge in [-0.05, 0) is 47.9 Å². The van der Waals surface area contributed by atoms with Crippen LogP contribution in [0.25, 0.3) is 11.6 Å². The Morgan fingerprint density at radius 1 is 1.16 bits per heavy atom. The molecule has 0 unspecified atom stereocenters. The first-order valence-corrected chi connectivity index (χ1v) is 8.25. The molecule has 0 radical (unpaired) electrons. The molecule has 1 aliphatic rings. The zero-order chi connectivity index (χ0) is 17.6. The molecule has 130 valence electrons. The molecule has 0 aromatic heterocycles. The molecule has 25 heavy (non-hydrogen) atoms. The second kappa shape index (κ2) is 7.75. The van der Waals surface area contributed by atoms with Crippen molar-refractivity contribution < 1.29 is 24.1 Å². The van der Waals surface area contributed by atoms with Crippen LogP contribution in [0.2, 0.25) is 0 Å². The Bertz CT molecular complexity index is 777. The van der Waals surface area contributed by atoms with E-state index in [0.717, 1.165) is 24.2 Å². The largest absolute Gasteiger partial charge is 0.494 e. The monoisotopic (exact) mass is 340 g/mol. The van der Waals surface area contributed by atoms with Crippen molar-refractivity contribution in [2.75, 3.05) is 13.4 Å². The van der Waals surface area contributed by atoms with Crippen molar-refractivity contribution in [3.05, 3.63) is 53.6 Å². The molecular weight excluding hydrogens is 320 g/mol. The lowest BCUT2D eigenvalue weighted by molar-refractivity contribution is -0.130.